The number of carbonyl (C=O) groups is 2. The molecule has 40 heavy (non-hydrogen) atoms. The zero-order valence-corrected chi connectivity index (χ0v) is 22.8. The standard InChI is InChI=1S/C31H30N6O2S/c38-28-19-35(22-11-12-34(18-22)17-20-6-2-1-3-7-20)31(39)27-15-25-24-8-4-5-9-26(24)33-29(25)30(37(27)28)21-10-13-36-23(14-21)16-32-40-36/h1-10,13-14,16,22,27,30,32-33H,11-12,15,17-19H2/t22-,27-,30+/m1/s1. The van der Waals surface area contributed by atoms with Gasteiger partial charge in [0.2, 0.25) is 11.8 Å². The minimum absolute atomic E-state index is 0.0186. The summed E-state index contributed by atoms with van der Waals surface area (Å²) in [7, 11) is 0. The molecule has 3 aromatic rings. The lowest BCUT2D eigenvalue weighted by molar-refractivity contribution is -0.160. The van der Waals surface area contributed by atoms with Crippen molar-refractivity contribution in [3.63, 3.8) is 0 Å². The SMILES string of the molecule is O=C1[C@H]2Cc3c([nH]c4ccccc34)[C@H](C3=CC4=CNSN4C=C3)N2C(=O)CN1[C@@H]1CCN(Cc2ccccc2)C1. The molecule has 0 saturated carbocycles. The van der Waals surface area contributed by atoms with Gasteiger partial charge in [0.15, 0.2) is 0 Å². The van der Waals surface area contributed by atoms with E-state index in [1.165, 1.54) is 17.7 Å². The summed E-state index contributed by atoms with van der Waals surface area (Å²) >= 11 is 1.51. The number of rotatable bonds is 4. The summed E-state index contributed by atoms with van der Waals surface area (Å²) in [5.41, 5.74) is 6.52. The van der Waals surface area contributed by atoms with E-state index < -0.39 is 6.04 Å². The number of para-hydroxylation sites is 1. The molecule has 5 aliphatic heterocycles. The van der Waals surface area contributed by atoms with Crippen molar-refractivity contribution in [3.8, 4) is 0 Å². The number of hydrogen-bond acceptors (Lipinski definition) is 6. The number of amides is 2. The fourth-order valence-electron chi connectivity index (χ4n) is 7.02. The molecular formula is C31H30N6O2S. The summed E-state index contributed by atoms with van der Waals surface area (Å²) < 4.78 is 5.25. The van der Waals surface area contributed by atoms with Crippen molar-refractivity contribution in [1.29, 1.82) is 0 Å². The highest BCUT2D eigenvalue weighted by Gasteiger charge is 2.50. The van der Waals surface area contributed by atoms with E-state index in [-0.39, 0.29) is 30.4 Å². The van der Waals surface area contributed by atoms with E-state index in [4.69, 9.17) is 0 Å². The smallest absolute Gasteiger partial charge is 0.246 e. The molecule has 2 fully saturated rings. The number of nitrogens with zero attached hydrogens (tertiary/aromatic N) is 4. The summed E-state index contributed by atoms with van der Waals surface area (Å²) in [6, 6.07) is 17.9. The van der Waals surface area contributed by atoms with Crippen molar-refractivity contribution in [2.24, 2.45) is 0 Å². The maximum Gasteiger partial charge on any atom is 0.246 e. The molecule has 2 N–H and O–H groups in total. The normalized spacial score (nSPS) is 26.0. The van der Waals surface area contributed by atoms with Gasteiger partial charge in [-0.3, -0.25) is 18.8 Å². The molecule has 202 valence electrons. The molecule has 2 amide bonds. The van der Waals surface area contributed by atoms with Gasteiger partial charge in [0.05, 0.1) is 23.9 Å². The topological polar surface area (TPSA) is 74.9 Å². The average molecular weight is 551 g/mol. The number of H-pyrrole nitrogens is 1. The highest BCUT2D eigenvalue weighted by Crippen LogP contribution is 2.45. The molecule has 0 unspecified atom stereocenters. The maximum atomic E-state index is 14.3. The first-order valence-electron chi connectivity index (χ1n) is 13.9. The summed E-state index contributed by atoms with van der Waals surface area (Å²) in [6.45, 7) is 2.72. The molecule has 8 nitrogen and oxygen atoms in total. The Morgan fingerprint density at radius 1 is 1.02 bits per heavy atom. The van der Waals surface area contributed by atoms with Crippen LogP contribution in [0.5, 0.6) is 0 Å². The van der Waals surface area contributed by atoms with Gasteiger partial charge < -0.3 is 19.5 Å². The number of aromatic amines is 1. The lowest BCUT2D eigenvalue weighted by Gasteiger charge is -2.48. The minimum Gasteiger partial charge on any atom is -0.356 e. The molecule has 2 saturated heterocycles. The number of hydrogen-bond donors (Lipinski definition) is 2. The Labute approximate surface area is 237 Å². The predicted molar refractivity (Wildman–Crippen MR) is 155 cm³/mol. The van der Waals surface area contributed by atoms with E-state index in [9.17, 15) is 9.59 Å². The summed E-state index contributed by atoms with van der Waals surface area (Å²) in [5.74, 6) is 0.0939. The monoisotopic (exact) mass is 550 g/mol. The van der Waals surface area contributed by atoms with Gasteiger partial charge in [0, 0.05) is 61.1 Å². The second-order valence-electron chi connectivity index (χ2n) is 11.2. The largest absolute Gasteiger partial charge is 0.356 e. The number of benzene rings is 2. The van der Waals surface area contributed by atoms with Crippen LogP contribution in [-0.4, -0.2) is 67.5 Å². The highest BCUT2D eigenvalue weighted by atomic mass is 32.2. The second-order valence-corrected chi connectivity index (χ2v) is 12.0. The quantitative estimate of drug-likeness (QED) is 0.481. The third-order valence-electron chi connectivity index (χ3n) is 8.88. The zero-order valence-electron chi connectivity index (χ0n) is 22.0. The van der Waals surface area contributed by atoms with E-state index in [1.807, 2.05) is 40.4 Å². The van der Waals surface area contributed by atoms with Crippen molar-refractivity contribution in [2.45, 2.75) is 37.5 Å². The average Bonchev–Trinajstić information content (AvgIpc) is 3.72. The van der Waals surface area contributed by atoms with E-state index in [0.717, 1.165) is 59.5 Å². The van der Waals surface area contributed by atoms with Crippen molar-refractivity contribution in [2.75, 3.05) is 19.6 Å². The van der Waals surface area contributed by atoms with Gasteiger partial charge in [0.1, 0.15) is 12.6 Å². The Hall–Kier alpha value is -3.95. The van der Waals surface area contributed by atoms with Gasteiger partial charge in [-0.2, -0.15) is 0 Å². The summed E-state index contributed by atoms with van der Waals surface area (Å²) in [4.78, 5) is 38.1. The first-order chi connectivity index (χ1) is 19.6. The highest BCUT2D eigenvalue weighted by molar-refractivity contribution is 7.95. The number of likely N-dealkylation sites (tertiary alicyclic amines) is 1. The van der Waals surface area contributed by atoms with Gasteiger partial charge in [0.25, 0.3) is 0 Å². The Bertz CT molecular complexity index is 1610. The van der Waals surface area contributed by atoms with E-state index in [2.05, 4.69) is 67.5 Å². The molecule has 1 aromatic heterocycles. The minimum atomic E-state index is -0.515. The Balaban J connectivity index is 1.13. The molecule has 2 aromatic carbocycles. The first kappa shape index (κ1) is 23.9. The fraction of sp³-hybridized carbons (Fsp3) is 0.290. The Morgan fingerprint density at radius 2 is 1.88 bits per heavy atom. The van der Waals surface area contributed by atoms with Crippen LogP contribution in [0.3, 0.4) is 0 Å². The van der Waals surface area contributed by atoms with E-state index in [0.29, 0.717) is 6.42 Å². The maximum absolute atomic E-state index is 14.3. The number of allylic oxidation sites excluding steroid dienone is 1. The third kappa shape index (κ3) is 3.79. The number of aromatic nitrogens is 1. The fourth-order valence-corrected chi connectivity index (χ4v) is 7.64. The first-order valence-corrected chi connectivity index (χ1v) is 14.7. The van der Waals surface area contributed by atoms with Crippen LogP contribution >= 0.6 is 12.1 Å². The molecule has 5 aliphatic rings. The molecule has 6 heterocycles. The number of nitrogens with one attached hydrogen (secondary N) is 2. The third-order valence-corrected chi connectivity index (χ3v) is 9.63. The van der Waals surface area contributed by atoms with E-state index >= 15 is 0 Å². The van der Waals surface area contributed by atoms with Crippen LogP contribution in [0.15, 0.2) is 90.4 Å². The number of carbonyl (C=O) groups excluding carboxylic acids is 2. The Morgan fingerprint density at radius 3 is 2.77 bits per heavy atom. The molecule has 0 aliphatic carbocycles. The summed E-state index contributed by atoms with van der Waals surface area (Å²) in [6.07, 6.45) is 9.61. The number of piperazine rings is 1. The van der Waals surface area contributed by atoms with Gasteiger partial charge >= 0.3 is 0 Å². The van der Waals surface area contributed by atoms with Crippen molar-refractivity contribution >= 4 is 34.9 Å². The molecule has 8 rings (SSSR count). The molecule has 0 spiro atoms. The van der Waals surface area contributed by atoms with Crippen LogP contribution in [0.4, 0.5) is 0 Å². The van der Waals surface area contributed by atoms with Crippen LogP contribution in [0.1, 0.15) is 29.3 Å². The van der Waals surface area contributed by atoms with Gasteiger partial charge in [-0.25, -0.2) is 0 Å². The lowest BCUT2D eigenvalue weighted by Crippen LogP contribution is -2.65. The predicted octanol–water partition coefficient (Wildman–Crippen LogP) is 3.84. The Kier molecular flexibility index (Phi) is 5.56. The zero-order chi connectivity index (χ0) is 26.8. The van der Waals surface area contributed by atoms with Crippen molar-refractivity contribution in [1.82, 2.24) is 28.7 Å². The van der Waals surface area contributed by atoms with Crippen molar-refractivity contribution in [3.05, 3.63) is 107 Å². The van der Waals surface area contributed by atoms with Crippen LogP contribution in [0, 0.1) is 0 Å². The molecular weight excluding hydrogens is 520 g/mol. The van der Waals surface area contributed by atoms with Crippen LogP contribution < -0.4 is 4.72 Å². The van der Waals surface area contributed by atoms with Crippen LogP contribution in [0.2, 0.25) is 0 Å². The molecule has 0 radical (unpaired) electrons. The van der Waals surface area contributed by atoms with E-state index in [1.54, 1.807) is 0 Å². The van der Waals surface area contributed by atoms with Crippen LogP contribution in [-0.2, 0) is 22.6 Å². The van der Waals surface area contributed by atoms with Crippen molar-refractivity contribution < 1.29 is 9.59 Å². The summed E-state index contributed by atoms with van der Waals surface area (Å²) in [5, 5.41) is 1.13. The second kappa shape index (κ2) is 9.31. The molecule has 3 atom stereocenters. The van der Waals surface area contributed by atoms with Gasteiger partial charge in [-0.05, 0) is 41.3 Å². The number of fused-ring (bicyclic) bond motifs is 5. The lowest BCUT2D eigenvalue weighted by atomic mass is 9.85. The van der Waals surface area contributed by atoms with Crippen LogP contribution in [0.25, 0.3) is 10.9 Å². The molecule has 0 bridgehead atoms. The van der Waals surface area contributed by atoms with Gasteiger partial charge in [-0.1, -0.05) is 48.5 Å². The van der Waals surface area contributed by atoms with Gasteiger partial charge in [-0.15, -0.1) is 0 Å². The molecule has 9 heteroatoms.